The van der Waals surface area contributed by atoms with E-state index in [1.165, 1.54) is 7.11 Å². The highest BCUT2D eigenvalue weighted by atomic mass is 28.4. The Morgan fingerprint density at radius 3 is 2.35 bits per heavy atom. The fourth-order valence-electron chi connectivity index (χ4n) is 2.29. The number of methoxy groups -OCH3 is 1. The molecule has 0 aromatic heterocycles. The van der Waals surface area contributed by atoms with Crippen molar-refractivity contribution in [3.8, 4) is 0 Å². The summed E-state index contributed by atoms with van der Waals surface area (Å²) in [5.41, 5.74) is 0. The Labute approximate surface area is 124 Å². The van der Waals surface area contributed by atoms with Crippen LogP contribution in [0.1, 0.15) is 33.6 Å². The molecule has 0 radical (unpaired) electrons. The first-order valence-corrected chi connectivity index (χ1v) is 10.4. The first kappa shape index (κ1) is 17.7. The zero-order valence-corrected chi connectivity index (χ0v) is 15.2. The molecule has 5 heteroatoms. The molecule has 1 fully saturated rings. The largest absolute Gasteiger partial charge is 0.469 e. The molecule has 0 aromatic carbocycles. The van der Waals surface area contributed by atoms with Gasteiger partial charge in [0.25, 0.3) is 0 Å². The summed E-state index contributed by atoms with van der Waals surface area (Å²) in [5, 5.41) is 0.245. The Morgan fingerprint density at radius 2 is 1.90 bits per heavy atom. The van der Waals surface area contributed by atoms with Gasteiger partial charge in [-0.1, -0.05) is 20.8 Å². The van der Waals surface area contributed by atoms with Crippen LogP contribution in [0.2, 0.25) is 18.1 Å². The average molecular weight is 302 g/mol. The van der Waals surface area contributed by atoms with Crippen LogP contribution in [-0.4, -0.2) is 52.5 Å². The Hall–Kier alpha value is -0.393. The summed E-state index contributed by atoms with van der Waals surface area (Å²) in [5.74, 6) is -0.0604. The molecule has 0 saturated carbocycles. The SMILES string of the molecule is COC(=O)[C@@H]1CC[C@@H](CO[Si](C)(C)C(C)(C)C)N(C)C1. The van der Waals surface area contributed by atoms with Crippen LogP contribution in [0.5, 0.6) is 0 Å². The van der Waals surface area contributed by atoms with Crippen LogP contribution in [0.3, 0.4) is 0 Å². The topological polar surface area (TPSA) is 38.8 Å². The minimum atomic E-state index is -1.68. The number of hydrogen-bond acceptors (Lipinski definition) is 4. The summed E-state index contributed by atoms with van der Waals surface area (Å²) < 4.78 is 11.1. The summed E-state index contributed by atoms with van der Waals surface area (Å²) in [6.45, 7) is 12.9. The fourth-order valence-corrected chi connectivity index (χ4v) is 3.33. The lowest BCUT2D eigenvalue weighted by molar-refractivity contribution is -0.147. The van der Waals surface area contributed by atoms with Gasteiger partial charge in [-0.3, -0.25) is 4.79 Å². The first-order valence-electron chi connectivity index (χ1n) is 7.50. The molecule has 1 aliphatic heterocycles. The van der Waals surface area contributed by atoms with Gasteiger partial charge in [0.15, 0.2) is 8.32 Å². The maximum atomic E-state index is 11.6. The van der Waals surface area contributed by atoms with E-state index in [0.29, 0.717) is 6.04 Å². The molecule has 0 spiro atoms. The molecule has 118 valence electrons. The lowest BCUT2D eigenvalue weighted by Gasteiger charge is -2.41. The number of ether oxygens (including phenoxy) is 1. The van der Waals surface area contributed by atoms with E-state index in [-0.39, 0.29) is 16.9 Å². The Bertz CT molecular complexity index is 339. The molecule has 0 bridgehead atoms. The fraction of sp³-hybridized carbons (Fsp3) is 0.933. The number of carbonyl (C=O) groups excluding carboxylic acids is 1. The number of nitrogens with zero attached hydrogens (tertiary/aromatic N) is 1. The number of carbonyl (C=O) groups is 1. The van der Waals surface area contributed by atoms with E-state index in [1.54, 1.807) is 0 Å². The van der Waals surface area contributed by atoms with Crippen molar-refractivity contribution in [2.75, 3.05) is 27.3 Å². The lowest BCUT2D eigenvalue weighted by atomic mass is 9.93. The van der Waals surface area contributed by atoms with E-state index in [9.17, 15) is 4.79 Å². The van der Waals surface area contributed by atoms with Gasteiger partial charge in [0.05, 0.1) is 13.0 Å². The predicted octanol–water partition coefficient (Wildman–Crippen LogP) is 2.89. The molecule has 0 unspecified atom stereocenters. The van der Waals surface area contributed by atoms with Crippen LogP contribution in [0.4, 0.5) is 0 Å². The van der Waals surface area contributed by atoms with E-state index in [4.69, 9.17) is 9.16 Å². The van der Waals surface area contributed by atoms with Gasteiger partial charge in [0, 0.05) is 19.2 Å². The van der Waals surface area contributed by atoms with E-state index in [2.05, 4.69) is 45.8 Å². The minimum Gasteiger partial charge on any atom is -0.469 e. The zero-order valence-electron chi connectivity index (χ0n) is 14.2. The van der Waals surface area contributed by atoms with Gasteiger partial charge in [-0.05, 0) is 38.0 Å². The number of esters is 1. The number of hydrogen-bond donors (Lipinski definition) is 0. The highest BCUT2D eigenvalue weighted by Crippen LogP contribution is 2.37. The van der Waals surface area contributed by atoms with E-state index in [1.807, 2.05) is 0 Å². The molecule has 1 saturated heterocycles. The maximum absolute atomic E-state index is 11.6. The summed E-state index contributed by atoms with van der Waals surface area (Å²) in [7, 11) is 1.86. The number of piperidine rings is 1. The van der Waals surface area contributed by atoms with E-state index < -0.39 is 8.32 Å². The quantitative estimate of drug-likeness (QED) is 0.591. The van der Waals surface area contributed by atoms with Crippen molar-refractivity contribution in [2.45, 2.75) is 57.8 Å². The van der Waals surface area contributed by atoms with Crippen molar-refractivity contribution >= 4 is 14.3 Å². The van der Waals surface area contributed by atoms with Crippen LogP contribution < -0.4 is 0 Å². The Kier molecular flexibility index (Phi) is 5.81. The molecule has 0 aliphatic carbocycles. The molecule has 1 aliphatic rings. The second-order valence-electron chi connectivity index (χ2n) is 7.46. The van der Waals surface area contributed by atoms with E-state index >= 15 is 0 Å². The van der Waals surface area contributed by atoms with Crippen LogP contribution in [-0.2, 0) is 14.0 Å². The van der Waals surface area contributed by atoms with Crippen molar-refractivity contribution in [3.05, 3.63) is 0 Å². The number of likely N-dealkylation sites (N-methyl/N-ethyl adjacent to an activating group) is 1. The van der Waals surface area contributed by atoms with Gasteiger partial charge in [-0.15, -0.1) is 0 Å². The Balaban J connectivity index is 2.50. The molecular formula is C15H31NO3Si. The van der Waals surface area contributed by atoms with Crippen molar-refractivity contribution in [1.29, 1.82) is 0 Å². The third-order valence-corrected chi connectivity index (χ3v) is 9.46. The summed E-state index contributed by atoms with van der Waals surface area (Å²) in [6, 6.07) is 0.421. The van der Waals surface area contributed by atoms with Crippen molar-refractivity contribution in [3.63, 3.8) is 0 Å². The first-order chi connectivity index (χ1) is 9.08. The Morgan fingerprint density at radius 1 is 1.30 bits per heavy atom. The zero-order chi connectivity index (χ0) is 15.6. The van der Waals surface area contributed by atoms with Crippen LogP contribution in [0, 0.1) is 5.92 Å². The molecule has 1 heterocycles. The van der Waals surface area contributed by atoms with E-state index in [0.717, 1.165) is 26.0 Å². The van der Waals surface area contributed by atoms with Crippen molar-refractivity contribution in [2.24, 2.45) is 5.92 Å². The molecule has 20 heavy (non-hydrogen) atoms. The highest BCUT2D eigenvalue weighted by Gasteiger charge is 2.38. The second-order valence-corrected chi connectivity index (χ2v) is 12.3. The van der Waals surface area contributed by atoms with Crippen molar-refractivity contribution in [1.82, 2.24) is 4.90 Å². The molecule has 2 atom stereocenters. The maximum Gasteiger partial charge on any atom is 0.309 e. The van der Waals surface area contributed by atoms with Gasteiger partial charge in [-0.25, -0.2) is 0 Å². The normalized spacial score (nSPS) is 25.6. The molecule has 0 aromatic rings. The summed E-state index contributed by atoms with van der Waals surface area (Å²) >= 11 is 0. The molecule has 0 N–H and O–H groups in total. The monoisotopic (exact) mass is 301 g/mol. The molecule has 0 amide bonds. The smallest absolute Gasteiger partial charge is 0.309 e. The molecule has 1 rings (SSSR count). The third kappa shape index (κ3) is 4.30. The van der Waals surface area contributed by atoms with Crippen LogP contribution in [0.25, 0.3) is 0 Å². The predicted molar refractivity (Wildman–Crippen MR) is 84.3 cm³/mol. The minimum absolute atomic E-state index is 0.0223. The summed E-state index contributed by atoms with van der Waals surface area (Å²) in [4.78, 5) is 13.8. The molecular weight excluding hydrogens is 270 g/mol. The van der Waals surface area contributed by atoms with Gasteiger partial charge in [-0.2, -0.15) is 0 Å². The second kappa shape index (κ2) is 6.58. The highest BCUT2D eigenvalue weighted by molar-refractivity contribution is 6.74. The average Bonchev–Trinajstić information content (AvgIpc) is 2.35. The molecule has 4 nitrogen and oxygen atoms in total. The van der Waals surface area contributed by atoms with Crippen molar-refractivity contribution < 1.29 is 14.0 Å². The van der Waals surface area contributed by atoms with Gasteiger partial charge in [0.1, 0.15) is 0 Å². The standard InChI is InChI=1S/C15H31NO3Si/c1-15(2,3)20(6,7)19-11-13-9-8-12(10-16(13)4)14(17)18-5/h12-13H,8-11H2,1-7H3/t12-,13+/m1/s1. The van der Waals surface area contributed by atoms with Crippen LogP contribution in [0.15, 0.2) is 0 Å². The lowest BCUT2D eigenvalue weighted by Crippen LogP contribution is -2.49. The van der Waals surface area contributed by atoms with Gasteiger partial charge >= 0.3 is 5.97 Å². The van der Waals surface area contributed by atoms with Gasteiger partial charge in [0.2, 0.25) is 0 Å². The number of likely N-dealkylation sites (tertiary alicyclic amines) is 1. The van der Waals surface area contributed by atoms with Crippen LogP contribution >= 0.6 is 0 Å². The summed E-state index contributed by atoms with van der Waals surface area (Å²) in [6.07, 6.45) is 1.91. The third-order valence-electron chi connectivity index (χ3n) is 4.96. The number of rotatable bonds is 4. The van der Waals surface area contributed by atoms with Gasteiger partial charge < -0.3 is 14.1 Å².